The van der Waals surface area contributed by atoms with E-state index in [0.717, 1.165) is 38.5 Å². The first-order valence-electron chi connectivity index (χ1n) is 7.58. The van der Waals surface area contributed by atoms with Gasteiger partial charge in [0.1, 0.15) is 12.4 Å². The molecule has 0 amide bonds. The molecule has 2 aromatic rings. The van der Waals surface area contributed by atoms with Crippen molar-refractivity contribution in [3.8, 4) is 5.75 Å². The third kappa shape index (κ3) is 4.31. The van der Waals surface area contributed by atoms with E-state index >= 15 is 0 Å². The molecule has 3 heteroatoms. The number of nitrogens with one attached hydrogen (secondary N) is 1. The van der Waals surface area contributed by atoms with Crippen molar-refractivity contribution >= 4 is 0 Å². The molecule has 1 atom stereocenters. The molecule has 0 aromatic heterocycles. The molecule has 1 heterocycles. The van der Waals surface area contributed by atoms with Crippen molar-refractivity contribution in [1.82, 2.24) is 10.2 Å². The van der Waals surface area contributed by atoms with Gasteiger partial charge in [-0.05, 0) is 17.7 Å². The summed E-state index contributed by atoms with van der Waals surface area (Å²) in [5, 5.41) is 3.54. The Bertz CT molecular complexity index is 529. The number of hydrogen-bond donors (Lipinski definition) is 1. The molecule has 1 N–H and O–H groups in total. The van der Waals surface area contributed by atoms with Crippen molar-refractivity contribution in [2.75, 3.05) is 26.2 Å². The van der Waals surface area contributed by atoms with Crippen LogP contribution in [0.4, 0.5) is 0 Å². The molecular formula is C18H22N2O. The second-order valence-electron chi connectivity index (χ2n) is 5.50. The first-order chi connectivity index (χ1) is 10.4. The van der Waals surface area contributed by atoms with Crippen molar-refractivity contribution in [2.24, 2.45) is 0 Å². The van der Waals surface area contributed by atoms with E-state index in [2.05, 4.69) is 40.5 Å². The number of piperazine rings is 1. The maximum Gasteiger partial charge on any atom is 0.119 e. The van der Waals surface area contributed by atoms with Gasteiger partial charge in [0.05, 0.1) is 6.04 Å². The predicted molar refractivity (Wildman–Crippen MR) is 85.4 cm³/mol. The number of nitrogens with zero attached hydrogens (tertiary/aromatic N) is 1. The van der Waals surface area contributed by atoms with Gasteiger partial charge in [0.15, 0.2) is 0 Å². The smallest absolute Gasteiger partial charge is 0.119 e. The monoisotopic (exact) mass is 282 g/mol. The number of rotatable bonds is 5. The molecule has 21 heavy (non-hydrogen) atoms. The summed E-state index contributed by atoms with van der Waals surface area (Å²) in [6, 6.07) is 21.1. The van der Waals surface area contributed by atoms with Crippen LogP contribution in [0.5, 0.6) is 5.75 Å². The third-order valence-electron chi connectivity index (χ3n) is 3.78. The van der Waals surface area contributed by atoms with Crippen LogP contribution in [0.25, 0.3) is 0 Å². The summed E-state index contributed by atoms with van der Waals surface area (Å²) in [6.07, 6.45) is 0. The van der Waals surface area contributed by atoms with E-state index < -0.39 is 0 Å². The van der Waals surface area contributed by atoms with Crippen LogP contribution in [-0.4, -0.2) is 37.2 Å². The van der Waals surface area contributed by atoms with E-state index in [4.69, 9.17) is 4.74 Å². The fraction of sp³-hybridized carbons (Fsp3) is 0.333. The molecule has 0 saturated carbocycles. The molecule has 1 aliphatic rings. The van der Waals surface area contributed by atoms with Crippen molar-refractivity contribution in [2.45, 2.75) is 12.6 Å². The minimum Gasteiger partial charge on any atom is -0.492 e. The summed E-state index contributed by atoms with van der Waals surface area (Å²) in [5.74, 6) is 0.944. The predicted octanol–water partition coefficient (Wildman–Crippen LogP) is 2.54. The van der Waals surface area contributed by atoms with Crippen LogP contribution >= 0.6 is 0 Å². The van der Waals surface area contributed by atoms with Gasteiger partial charge in [-0.3, -0.25) is 4.90 Å². The van der Waals surface area contributed by atoms with Crippen LogP contribution in [-0.2, 0) is 6.54 Å². The quantitative estimate of drug-likeness (QED) is 0.912. The van der Waals surface area contributed by atoms with Gasteiger partial charge in [0, 0.05) is 26.2 Å². The molecule has 2 aromatic carbocycles. The zero-order valence-corrected chi connectivity index (χ0v) is 12.2. The average molecular weight is 282 g/mol. The lowest BCUT2D eigenvalue weighted by atomic mass is 10.1. The molecular weight excluding hydrogens is 260 g/mol. The van der Waals surface area contributed by atoms with Crippen LogP contribution < -0.4 is 10.1 Å². The maximum atomic E-state index is 5.85. The Morgan fingerprint density at radius 2 is 1.71 bits per heavy atom. The van der Waals surface area contributed by atoms with Gasteiger partial charge in [0.25, 0.3) is 0 Å². The Hall–Kier alpha value is -1.84. The minimum atomic E-state index is 0.391. The summed E-state index contributed by atoms with van der Waals surface area (Å²) in [6.45, 7) is 4.88. The lowest BCUT2D eigenvalue weighted by Gasteiger charge is -2.33. The summed E-state index contributed by atoms with van der Waals surface area (Å²) < 4.78 is 5.85. The van der Waals surface area contributed by atoms with Crippen molar-refractivity contribution < 1.29 is 4.74 Å². The Kier molecular flexibility index (Phi) is 4.87. The third-order valence-corrected chi connectivity index (χ3v) is 3.78. The summed E-state index contributed by atoms with van der Waals surface area (Å²) in [4.78, 5) is 2.49. The van der Waals surface area contributed by atoms with Crippen LogP contribution in [0, 0.1) is 0 Å². The van der Waals surface area contributed by atoms with Gasteiger partial charge in [-0.15, -0.1) is 0 Å². The first kappa shape index (κ1) is 14.1. The Morgan fingerprint density at radius 1 is 1.00 bits per heavy atom. The van der Waals surface area contributed by atoms with Crippen LogP contribution in [0.1, 0.15) is 5.56 Å². The highest BCUT2D eigenvalue weighted by atomic mass is 16.5. The summed E-state index contributed by atoms with van der Waals surface area (Å²) in [7, 11) is 0. The summed E-state index contributed by atoms with van der Waals surface area (Å²) in [5.41, 5.74) is 1.38. The zero-order chi connectivity index (χ0) is 14.3. The number of hydrogen-bond acceptors (Lipinski definition) is 3. The van der Waals surface area contributed by atoms with Gasteiger partial charge >= 0.3 is 0 Å². The molecule has 0 aliphatic carbocycles. The van der Waals surface area contributed by atoms with Crippen LogP contribution in [0.15, 0.2) is 60.7 Å². The van der Waals surface area contributed by atoms with Crippen molar-refractivity contribution in [3.63, 3.8) is 0 Å². The number of para-hydroxylation sites is 1. The molecule has 110 valence electrons. The molecule has 1 unspecified atom stereocenters. The van der Waals surface area contributed by atoms with Crippen molar-refractivity contribution in [1.29, 1.82) is 0 Å². The second-order valence-corrected chi connectivity index (χ2v) is 5.50. The van der Waals surface area contributed by atoms with Crippen LogP contribution in [0.3, 0.4) is 0 Å². The van der Waals surface area contributed by atoms with E-state index in [0.29, 0.717) is 6.04 Å². The molecule has 3 nitrogen and oxygen atoms in total. The highest BCUT2D eigenvalue weighted by Gasteiger charge is 2.19. The highest BCUT2D eigenvalue weighted by Crippen LogP contribution is 2.11. The van der Waals surface area contributed by atoms with E-state index in [9.17, 15) is 0 Å². The van der Waals surface area contributed by atoms with Gasteiger partial charge in [-0.2, -0.15) is 0 Å². The summed E-state index contributed by atoms with van der Waals surface area (Å²) >= 11 is 0. The molecule has 1 saturated heterocycles. The standard InChI is InChI=1S/C18H22N2O/c1-3-7-16(8-4-1)13-20-12-11-19-17(14-20)15-21-18-9-5-2-6-10-18/h1-10,17,19H,11-15H2. The normalized spacial score (nSPS) is 19.3. The number of benzene rings is 2. The topological polar surface area (TPSA) is 24.5 Å². The Morgan fingerprint density at radius 3 is 2.48 bits per heavy atom. The van der Waals surface area contributed by atoms with E-state index in [1.54, 1.807) is 0 Å². The van der Waals surface area contributed by atoms with E-state index in [-0.39, 0.29) is 0 Å². The Balaban J connectivity index is 1.49. The molecule has 3 rings (SSSR count). The van der Waals surface area contributed by atoms with Gasteiger partial charge < -0.3 is 10.1 Å². The lowest BCUT2D eigenvalue weighted by molar-refractivity contribution is 0.152. The molecule has 0 radical (unpaired) electrons. The SMILES string of the molecule is c1ccc(CN2CCNC(COc3ccccc3)C2)cc1. The molecule has 1 aliphatic heterocycles. The fourth-order valence-electron chi connectivity index (χ4n) is 2.70. The number of ether oxygens (including phenoxy) is 1. The second kappa shape index (κ2) is 7.25. The van der Waals surface area contributed by atoms with Crippen molar-refractivity contribution in [3.05, 3.63) is 66.2 Å². The van der Waals surface area contributed by atoms with E-state index in [1.807, 2.05) is 30.3 Å². The average Bonchev–Trinajstić information content (AvgIpc) is 2.55. The highest BCUT2D eigenvalue weighted by molar-refractivity contribution is 5.21. The molecule has 0 bridgehead atoms. The van der Waals surface area contributed by atoms with Gasteiger partial charge in [-0.25, -0.2) is 0 Å². The van der Waals surface area contributed by atoms with Gasteiger partial charge in [0.2, 0.25) is 0 Å². The van der Waals surface area contributed by atoms with E-state index in [1.165, 1.54) is 5.56 Å². The maximum absolute atomic E-state index is 5.85. The minimum absolute atomic E-state index is 0.391. The largest absolute Gasteiger partial charge is 0.492 e. The Labute approximate surface area is 126 Å². The fourth-order valence-corrected chi connectivity index (χ4v) is 2.70. The van der Waals surface area contributed by atoms with Gasteiger partial charge in [-0.1, -0.05) is 48.5 Å². The lowest BCUT2D eigenvalue weighted by Crippen LogP contribution is -2.52. The first-order valence-corrected chi connectivity index (χ1v) is 7.58. The van der Waals surface area contributed by atoms with Crippen LogP contribution in [0.2, 0.25) is 0 Å². The zero-order valence-electron chi connectivity index (χ0n) is 12.2. The molecule has 1 fully saturated rings. The molecule has 0 spiro atoms.